The Bertz CT molecular complexity index is 162. The lowest BCUT2D eigenvalue weighted by Crippen LogP contribution is -2.20. The lowest BCUT2D eigenvalue weighted by molar-refractivity contribution is -0.123. The normalized spacial score (nSPS) is 25.2. The van der Waals surface area contributed by atoms with Crippen LogP contribution in [0.5, 0.6) is 0 Å². The summed E-state index contributed by atoms with van der Waals surface area (Å²) in [5, 5.41) is 0. The van der Waals surface area contributed by atoms with Crippen LogP contribution >= 0.6 is 0 Å². The summed E-state index contributed by atoms with van der Waals surface area (Å²) >= 11 is 0. The van der Waals surface area contributed by atoms with E-state index in [1.165, 1.54) is 6.42 Å². The van der Waals surface area contributed by atoms with Gasteiger partial charge in [-0.1, -0.05) is 25.5 Å². The molecule has 1 nitrogen and oxygen atoms in total. The van der Waals surface area contributed by atoms with Crippen molar-refractivity contribution in [1.82, 2.24) is 0 Å². The maximum absolute atomic E-state index is 11.3. The molecule has 1 unspecified atom stereocenters. The van der Waals surface area contributed by atoms with Crippen molar-refractivity contribution in [1.29, 1.82) is 0 Å². The second kappa shape index (κ2) is 3.70. The van der Waals surface area contributed by atoms with Crippen LogP contribution in [0.2, 0.25) is 0 Å². The fourth-order valence-electron chi connectivity index (χ4n) is 1.66. The maximum Gasteiger partial charge on any atom is 0.139 e. The number of allylic oxidation sites excluding steroid dienone is 1. The molecule has 0 N–H and O–H groups in total. The van der Waals surface area contributed by atoms with E-state index >= 15 is 0 Å². The molecule has 0 heterocycles. The molecule has 62 valence electrons. The number of hydrogen-bond donors (Lipinski definition) is 0. The zero-order valence-electron chi connectivity index (χ0n) is 7.23. The first-order chi connectivity index (χ1) is 5.25. The second-order valence-electron chi connectivity index (χ2n) is 3.28. The summed E-state index contributed by atoms with van der Waals surface area (Å²) in [4.78, 5) is 11.3. The fourth-order valence-corrected chi connectivity index (χ4v) is 1.66. The van der Waals surface area contributed by atoms with E-state index in [4.69, 9.17) is 0 Å². The number of Topliss-reactive ketones (excluding diaryl/α,β-unsaturated/α-hetero) is 1. The molecule has 1 fully saturated rings. The predicted molar refractivity (Wildman–Crippen MR) is 46.4 cm³/mol. The first kappa shape index (κ1) is 8.51. The molecule has 0 bridgehead atoms. The largest absolute Gasteiger partial charge is 0.299 e. The smallest absolute Gasteiger partial charge is 0.139 e. The lowest BCUT2D eigenvalue weighted by Gasteiger charge is -2.21. The molecule has 1 rings (SSSR count). The molecule has 0 amide bonds. The molecule has 11 heavy (non-hydrogen) atoms. The Balaban J connectivity index is 2.54. The first-order valence-corrected chi connectivity index (χ1v) is 4.46. The highest BCUT2D eigenvalue weighted by Crippen LogP contribution is 2.27. The van der Waals surface area contributed by atoms with E-state index in [0.717, 1.165) is 31.3 Å². The van der Waals surface area contributed by atoms with E-state index in [9.17, 15) is 4.79 Å². The number of rotatable bonds is 2. The van der Waals surface area contributed by atoms with E-state index < -0.39 is 0 Å². The van der Waals surface area contributed by atoms with Crippen molar-refractivity contribution < 1.29 is 4.79 Å². The molecule has 0 aliphatic heterocycles. The highest BCUT2D eigenvalue weighted by Gasteiger charge is 2.23. The second-order valence-corrected chi connectivity index (χ2v) is 3.28. The van der Waals surface area contributed by atoms with Crippen molar-refractivity contribution in [2.75, 3.05) is 0 Å². The SMILES string of the molecule is C=C(CC)C1CCCCC1=O. The summed E-state index contributed by atoms with van der Waals surface area (Å²) in [6.45, 7) is 6.00. The minimum atomic E-state index is 0.203. The highest BCUT2D eigenvalue weighted by molar-refractivity contribution is 5.84. The van der Waals surface area contributed by atoms with Gasteiger partial charge in [-0.25, -0.2) is 0 Å². The molecule has 0 spiro atoms. The predicted octanol–water partition coefficient (Wildman–Crippen LogP) is 2.71. The van der Waals surface area contributed by atoms with Crippen LogP contribution in [0.4, 0.5) is 0 Å². The van der Waals surface area contributed by atoms with Crippen LogP contribution in [0.3, 0.4) is 0 Å². The Labute approximate surface area is 68.5 Å². The van der Waals surface area contributed by atoms with E-state index in [-0.39, 0.29) is 5.92 Å². The van der Waals surface area contributed by atoms with Crippen LogP contribution in [0.15, 0.2) is 12.2 Å². The minimum absolute atomic E-state index is 0.203. The monoisotopic (exact) mass is 152 g/mol. The van der Waals surface area contributed by atoms with E-state index in [1.807, 2.05) is 0 Å². The lowest BCUT2D eigenvalue weighted by atomic mass is 9.82. The van der Waals surface area contributed by atoms with Gasteiger partial charge in [-0.15, -0.1) is 0 Å². The van der Waals surface area contributed by atoms with Gasteiger partial charge in [0.1, 0.15) is 5.78 Å². The Morgan fingerprint density at radius 1 is 1.64 bits per heavy atom. The Morgan fingerprint density at radius 3 is 2.91 bits per heavy atom. The molecule has 0 saturated heterocycles. The van der Waals surface area contributed by atoms with Crippen LogP contribution in [0.1, 0.15) is 39.0 Å². The molecule has 0 aromatic rings. The van der Waals surface area contributed by atoms with Gasteiger partial charge < -0.3 is 0 Å². The van der Waals surface area contributed by atoms with Crippen molar-refractivity contribution >= 4 is 5.78 Å². The van der Waals surface area contributed by atoms with Gasteiger partial charge in [0.05, 0.1) is 0 Å². The van der Waals surface area contributed by atoms with Crippen LogP contribution in [-0.4, -0.2) is 5.78 Å². The molecule has 1 atom stereocenters. The van der Waals surface area contributed by atoms with Crippen LogP contribution in [0.25, 0.3) is 0 Å². The minimum Gasteiger partial charge on any atom is -0.299 e. The number of ketones is 1. The molecule has 1 heteroatoms. The number of hydrogen-bond acceptors (Lipinski definition) is 1. The Kier molecular flexibility index (Phi) is 2.86. The van der Waals surface area contributed by atoms with Crippen molar-refractivity contribution in [3.63, 3.8) is 0 Å². The average molecular weight is 152 g/mol. The van der Waals surface area contributed by atoms with Crippen molar-refractivity contribution in [2.24, 2.45) is 5.92 Å². The summed E-state index contributed by atoms with van der Waals surface area (Å²) in [5.74, 6) is 0.622. The van der Waals surface area contributed by atoms with E-state index in [1.54, 1.807) is 0 Å². The van der Waals surface area contributed by atoms with Gasteiger partial charge in [-0.2, -0.15) is 0 Å². The van der Waals surface area contributed by atoms with Crippen molar-refractivity contribution in [3.8, 4) is 0 Å². The zero-order chi connectivity index (χ0) is 8.27. The standard InChI is InChI=1S/C10H16O/c1-3-8(2)9-6-4-5-7-10(9)11/h9H,2-7H2,1H3. The topological polar surface area (TPSA) is 17.1 Å². The summed E-state index contributed by atoms with van der Waals surface area (Å²) in [7, 11) is 0. The van der Waals surface area contributed by atoms with Gasteiger partial charge >= 0.3 is 0 Å². The molecular formula is C10H16O. The molecule has 1 aliphatic rings. The third-order valence-electron chi connectivity index (χ3n) is 2.50. The summed E-state index contributed by atoms with van der Waals surface area (Å²) < 4.78 is 0. The van der Waals surface area contributed by atoms with Crippen molar-refractivity contribution in [3.05, 3.63) is 12.2 Å². The highest BCUT2D eigenvalue weighted by atomic mass is 16.1. The maximum atomic E-state index is 11.3. The fraction of sp³-hybridized carbons (Fsp3) is 0.700. The van der Waals surface area contributed by atoms with Gasteiger partial charge in [0.25, 0.3) is 0 Å². The number of carbonyl (C=O) groups excluding carboxylic acids is 1. The number of carbonyl (C=O) groups is 1. The van der Waals surface area contributed by atoms with Crippen LogP contribution < -0.4 is 0 Å². The molecule has 0 aromatic heterocycles. The zero-order valence-corrected chi connectivity index (χ0v) is 7.23. The van der Waals surface area contributed by atoms with E-state index in [2.05, 4.69) is 13.5 Å². The molecule has 1 aliphatic carbocycles. The molecule has 1 saturated carbocycles. The first-order valence-electron chi connectivity index (χ1n) is 4.46. The van der Waals surface area contributed by atoms with Gasteiger partial charge in [0.2, 0.25) is 0 Å². The van der Waals surface area contributed by atoms with Crippen LogP contribution in [-0.2, 0) is 4.79 Å². The van der Waals surface area contributed by atoms with Gasteiger partial charge in [0.15, 0.2) is 0 Å². The van der Waals surface area contributed by atoms with E-state index in [0.29, 0.717) is 5.78 Å². The summed E-state index contributed by atoms with van der Waals surface area (Å²) in [6.07, 6.45) is 5.08. The third-order valence-corrected chi connectivity index (χ3v) is 2.50. The third kappa shape index (κ3) is 1.92. The Hall–Kier alpha value is -0.590. The van der Waals surface area contributed by atoms with Gasteiger partial charge in [0, 0.05) is 12.3 Å². The molecular weight excluding hydrogens is 136 g/mol. The molecule has 0 radical (unpaired) electrons. The summed E-state index contributed by atoms with van der Waals surface area (Å²) in [6, 6.07) is 0. The van der Waals surface area contributed by atoms with Crippen LogP contribution in [0, 0.1) is 5.92 Å². The average Bonchev–Trinajstić information content (AvgIpc) is 2.04. The summed E-state index contributed by atoms with van der Waals surface area (Å²) in [5.41, 5.74) is 1.13. The van der Waals surface area contributed by atoms with Gasteiger partial charge in [-0.05, 0) is 19.3 Å². The van der Waals surface area contributed by atoms with Crippen molar-refractivity contribution in [2.45, 2.75) is 39.0 Å². The van der Waals surface area contributed by atoms with Gasteiger partial charge in [-0.3, -0.25) is 4.79 Å². The molecule has 0 aromatic carbocycles. The quantitative estimate of drug-likeness (QED) is 0.556. The Morgan fingerprint density at radius 2 is 2.36 bits per heavy atom.